The van der Waals surface area contributed by atoms with E-state index in [0.29, 0.717) is 12.3 Å². The molecule has 1 saturated heterocycles. The Kier molecular flexibility index (Phi) is 3.65. The van der Waals surface area contributed by atoms with Crippen LogP contribution < -0.4 is 4.74 Å². The predicted molar refractivity (Wildman–Crippen MR) is 101 cm³/mol. The zero-order chi connectivity index (χ0) is 18.5. The molecule has 0 saturated carbocycles. The second-order valence-corrected chi connectivity index (χ2v) is 6.99. The number of aromatic nitrogens is 4. The van der Waals surface area contributed by atoms with Crippen molar-refractivity contribution in [2.75, 3.05) is 6.61 Å². The van der Waals surface area contributed by atoms with Crippen LogP contribution in [0, 0.1) is 6.92 Å². The molecule has 138 valence electrons. The minimum Gasteiger partial charge on any atom is -0.424 e. The standard InChI is InChI=1S/C20H20N4O3/c1-12-21-19-18(20-22-15-7-3-4-8-16(15)24(12)20)17(27-13(2)25)11-23(19)10-14-6-5-9-26-14/h3-4,7-8,11,14H,5-6,9-10H2,1-2H3/t14-/m0/s1. The highest BCUT2D eigenvalue weighted by molar-refractivity contribution is 6.00. The number of carbonyl (C=O) groups excluding carboxylic acids is 1. The van der Waals surface area contributed by atoms with Crippen molar-refractivity contribution in [3.8, 4) is 5.75 Å². The van der Waals surface area contributed by atoms with Gasteiger partial charge in [0, 0.05) is 19.7 Å². The lowest BCUT2D eigenvalue weighted by Crippen LogP contribution is -2.14. The molecule has 0 radical (unpaired) electrons. The highest BCUT2D eigenvalue weighted by Gasteiger charge is 2.23. The zero-order valence-corrected chi connectivity index (χ0v) is 15.3. The first-order chi connectivity index (χ1) is 13.1. The van der Waals surface area contributed by atoms with Crippen molar-refractivity contribution in [3.63, 3.8) is 0 Å². The van der Waals surface area contributed by atoms with Gasteiger partial charge in [0.2, 0.25) is 0 Å². The molecular formula is C20H20N4O3. The monoisotopic (exact) mass is 364 g/mol. The van der Waals surface area contributed by atoms with Crippen LogP contribution in [0.3, 0.4) is 0 Å². The molecule has 27 heavy (non-hydrogen) atoms. The SMILES string of the molecule is CC(=O)Oc1cn(C[C@@H]2CCCO2)c2nc(C)n3c4ccccc4nc3c12. The number of imidazole rings is 1. The summed E-state index contributed by atoms with van der Waals surface area (Å²) in [5.74, 6) is 0.969. The van der Waals surface area contributed by atoms with Crippen molar-refractivity contribution < 1.29 is 14.3 Å². The molecule has 3 aromatic heterocycles. The Labute approximate surface area is 155 Å². The fraction of sp³-hybridized carbons (Fsp3) is 0.350. The molecule has 4 heterocycles. The number of fused-ring (bicyclic) bond motifs is 5. The number of esters is 1. The molecule has 1 aromatic carbocycles. The molecule has 0 spiro atoms. The van der Waals surface area contributed by atoms with E-state index in [4.69, 9.17) is 19.4 Å². The molecular weight excluding hydrogens is 344 g/mol. The molecule has 1 fully saturated rings. The lowest BCUT2D eigenvalue weighted by Gasteiger charge is -2.11. The molecule has 7 nitrogen and oxygen atoms in total. The van der Waals surface area contributed by atoms with Gasteiger partial charge >= 0.3 is 5.97 Å². The number of para-hydroxylation sites is 2. The Hall–Kier alpha value is -2.93. The van der Waals surface area contributed by atoms with Crippen molar-refractivity contribution in [3.05, 3.63) is 36.3 Å². The van der Waals surface area contributed by atoms with Crippen LogP contribution in [0.15, 0.2) is 30.5 Å². The lowest BCUT2D eigenvalue weighted by molar-refractivity contribution is -0.131. The molecule has 5 rings (SSSR count). The Bertz CT molecular complexity index is 1180. The number of ether oxygens (including phenoxy) is 2. The van der Waals surface area contributed by atoms with Gasteiger partial charge in [-0.3, -0.25) is 9.20 Å². The smallest absolute Gasteiger partial charge is 0.308 e. The Morgan fingerprint density at radius 3 is 2.93 bits per heavy atom. The summed E-state index contributed by atoms with van der Waals surface area (Å²) in [4.78, 5) is 21.3. The third-order valence-electron chi connectivity index (χ3n) is 5.07. The molecule has 1 atom stereocenters. The van der Waals surface area contributed by atoms with Gasteiger partial charge in [-0.15, -0.1) is 0 Å². The minimum absolute atomic E-state index is 0.155. The van der Waals surface area contributed by atoms with Crippen LogP contribution in [-0.2, 0) is 16.1 Å². The van der Waals surface area contributed by atoms with E-state index < -0.39 is 0 Å². The maximum absolute atomic E-state index is 11.7. The highest BCUT2D eigenvalue weighted by atomic mass is 16.5. The fourth-order valence-electron chi connectivity index (χ4n) is 3.95. The van der Waals surface area contributed by atoms with Crippen LogP contribution in [0.2, 0.25) is 0 Å². The molecule has 1 aliphatic rings. The Morgan fingerprint density at radius 2 is 2.15 bits per heavy atom. The molecule has 0 N–H and O–H groups in total. The van der Waals surface area contributed by atoms with Crippen molar-refractivity contribution in [2.24, 2.45) is 0 Å². The van der Waals surface area contributed by atoms with E-state index in [0.717, 1.165) is 53.0 Å². The van der Waals surface area contributed by atoms with E-state index >= 15 is 0 Å². The van der Waals surface area contributed by atoms with Gasteiger partial charge in [0.1, 0.15) is 16.9 Å². The van der Waals surface area contributed by atoms with Gasteiger partial charge in [0.25, 0.3) is 0 Å². The number of rotatable bonds is 3. The number of hydrogen-bond donors (Lipinski definition) is 0. The molecule has 0 bridgehead atoms. The first kappa shape index (κ1) is 16.3. The average molecular weight is 364 g/mol. The summed E-state index contributed by atoms with van der Waals surface area (Å²) in [6.07, 6.45) is 4.10. The Balaban J connectivity index is 1.81. The van der Waals surface area contributed by atoms with Crippen LogP contribution >= 0.6 is 0 Å². The van der Waals surface area contributed by atoms with Gasteiger partial charge in [-0.2, -0.15) is 0 Å². The second kappa shape index (κ2) is 6.06. The summed E-state index contributed by atoms with van der Waals surface area (Å²) in [7, 11) is 0. The summed E-state index contributed by atoms with van der Waals surface area (Å²) in [6, 6.07) is 7.94. The number of benzene rings is 1. The van der Waals surface area contributed by atoms with Crippen LogP contribution in [0.25, 0.3) is 27.7 Å². The summed E-state index contributed by atoms with van der Waals surface area (Å²) in [6.45, 7) is 4.85. The maximum atomic E-state index is 11.7. The Morgan fingerprint density at radius 1 is 1.30 bits per heavy atom. The van der Waals surface area contributed by atoms with E-state index in [9.17, 15) is 4.79 Å². The molecule has 0 aliphatic carbocycles. The average Bonchev–Trinajstić information content (AvgIpc) is 3.33. The summed E-state index contributed by atoms with van der Waals surface area (Å²) in [5.41, 5.74) is 3.39. The molecule has 0 unspecified atom stereocenters. The van der Waals surface area contributed by atoms with Gasteiger partial charge < -0.3 is 14.0 Å². The van der Waals surface area contributed by atoms with Crippen molar-refractivity contribution in [1.82, 2.24) is 18.9 Å². The predicted octanol–water partition coefficient (Wildman–Crippen LogP) is 3.25. The van der Waals surface area contributed by atoms with E-state index in [2.05, 4.69) is 0 Å². The van der Waals surface area contributed by atoms with E-state index in [1.807, 2.05) is 46.4 Å². The topological polar surface area (TPSA) is 70.7 Å². The van der Waals surface area contributed by atoms with E-state index in [1.54, 1.807) is 0 Å². The zero-order valence-electron chi connectivity index (χ0n) is 15.3. The molecule has 7 heteroatoms. The lowest BCUT2D eigenvalue weighted by atomic mass is 10.2. The number of carbonyl (C=O) groups is 1. The third kappa shape index (κ3) is 2.57. The van der Waals surface area contributed by atoms with Gasteiger partial charge in [-0.1, -0.05) is 12.1 Å². The maximum Gasteiger partial charge on any atom is 0.308 e. The summed E-state index contributed by atoms with van der Waals surface area (Å²) < 4.78 is 15.3. The fourth-order valence-corrected chi connectivity index (χ4v) is 3.95. The largest absolute Gasteiger partial charge is 0.424 e. The molecule has 1 aliphatic heterocycles. The quantitative estimate of drug-likeness (QED) is 0.522. The van der Waals surface area contributed by atoms with E-state index in [1.165, 1.54) is 6.92 Å². The van der Waals surface area contributed by atoms with Crippen LogP contribution in [0.1, 0.15) is 25.6 Å². The van der Waals surface area contributed by atoms with Gasteiger partial charge in [-0.25, -0.2) is 9.97 Å². The van der Waals surface area contributed by atoms with Gasteiger partial charge in [-0.05, 0) is 31.9 Å². The molecule has 0 amide bonds. The number of nitrogens with zero attached hydrogens (tertiary/aromatic N) is 4. The van der Waals surface area contributed by atoms with Crippen molar-refractivity contribution in [1.29, 1.82) is 0 Å². The summed E-state index contributed by atoms with van der Waals surface area (Å²) >= 11 is 0. The summed E-state index contributed by atoms with van der Waals surface area (Å²) in [5, 5.41) is 0.755. The molecule has 4 aromatic rings. The minimum atomic E-state index is -0.360. The number of aryl methyl sites for hydroxylation is 1. The van der Waals surface area contributed by atoms with E-state index in [-0.39, 0.29) is 12.1 Å². The van der Waals surface area contributed by atoms with Crippen molar-refractivity contribution >= 4 is 33.7 Å². The van der Waals surface area contributed by atoms with Crippen LogP contribution in [0.5, 0.6) is 5.75 Å². The third-order valence-corrected chi connectivity index (χ3v) is 5.07. The van der Waals surface area contributed by atoms with Crippen LogP contribution in [0.4, 0.5) is 0 Å². The first-order valence-corrected chi connectivity index (χ1v) is 9.18. The van der Waals surface area contributed by atoms with Gasteiger partial charge in [0.15, 0.2) is 11.4 Å². The highest BCUT2D eigenvalue weighted by Crippen LogP contribution is 2.34. The van der Waals surface area contributed by atoms with Crippen molar-refractivity contribution in [2.45, 2.75) is 39.3 Å². The number of hydrogen-bond acceptors (Lipinski definition) is 5. The second-order valence-electron chi connectivity index (χ2n) is 6.99. The van der Waals surface area contributed by atoms with Gasteiger partial charge in [0.05, 0.1) is 23.7 Å². The first-order valence-electron chi connectivity index (χ1n) is 9.18. The normalized spacial score (nSPS) is 17.3. The van der Waals surface area contributed by atoms with Crippen LogP contribution in [-0.4, -0.2) is 37.6 Å².